The van der Waals surface area contributed by atoms with Crippen LogP contribution in [0.5, 0.6) is 0 Å². The van der Waals surface area contributed by atoms with E-state index >= 15 is 0 Å². The largest absolute Gasteiger partial charge is 0.290 e. The fraction of sp³-hybridized carbons (Fsp3) is 0.455. The van der Waals surface area contributed by atoms with Gasteiger partial charge in [0.15, 0.2) is 5.78 Å². The molecule has 4 nitrogen and oxygen atoms in total. The molecule has 0 aromatic heterocycles. The first-order valence-electron chi connectivity index (χ1n) is 4.97. The van der Waals surface area contributed by atoms with Crippen molar-refractivity contribution in [1.29, 1.82) is 0 Å². The molecule has 0 aromatic rings. The summed E-state index contributed by atoms with van der Waals surface area (Å²) in [4.78, 5) is 27.8. The first kappa shape index (κ1) is 10.1. The van der Waals surface area contributed by atoms with E-state index in [1.165, 1.54) is 24.3 Å². The highest BCUT2D eigenvalue weighted by Gasteiger charge is 2.40. The molecule has 4 heteroatoms. The van der Waals surface area contributed by atoms with Crippen LogP contribution in [0.4, 0.5) is 0 Å². The first-order valence-corrected chi connectivity index (χ1v) is 4.97. The van der Waals surface area contributed by atoms with Gasteiger partial charge in [-0.2, -0.15) is 0 Å². The van der Waals surface area contributed by atoms with Crippen molar-refractivity contribution in [2.75, 3.05) is 7.11 Å². The molecule has 1 aliphatic carbocycles. The Balaban J connectivity index is 2.33. The van der Waals surface area contributed by atoms with Gasteiger partial charge in [-0.15, -0.1) is 0 Å². The highest BCUT2D eigenvalue weighted by Crippen LogP contribution is 2.33. The number of piperidine rings is 1. The summed E-state index contributed by atoms with van der Waals surface area (Å²) < 4.78 is 0. The van der Waals surface area contributed by atoms with Crippen LogP contribution in [0.25, 0.3) is 0 Å². The number of amides is 1. The molecule has 0 unspecified atom stereocenters. The minimum atomic E-state index is -0.544. The second-order valence-electron chi connectivity index (χ2n) is 3.78. The minimum Gasteiger partial charge on any atom is -0.290 e. The normalized spacial score (nSPS) is 23.9. The number of ketones is 1. The number of hydrogen-bond donors (Lipinski definition) is 0. The predicted molar refractivity (Wildman–Crippen MR) is 53.7 cm³/mol. The van der Waals surface area contributed by atoms with Gasteiger partial charge in [0.25, 0.3) is 0 Å². The van der Waals surface area contributed by atoms with Crippen molar-refractivity contribution in [3.8, 4) is 0 Å². The summed E-state index contributed by atoms with van der Waals surface area (Å²) in [5.74, 6) is -0.0814. The molecule has 2 rings (SSSR count). The van der Waals surface area contributed by atoms with Crippen molar-refractivity contribution in [2.24, 2.45) is 0 Å². The molecule has 1 spiro atoms. The third kappa shape index (κ3) is 1.61. The van der Waals surface area contributed by atoms with Crippen molar-refractivity contribution in [3.63, 3.8) is 0 Å². The summed E-state index contributed by atoms with van der Waals surface area (Å²) in [7, 11) is 1.48. The van der Waals surface area contributed by atoms with Crippen molar-refractivity contribution in [1.82, 2.24) is 5.06 Å². The van der Waals surface area contributed by atoms with Crippen LogP contribution in [0, 0.1) is 0 Å². The van der Waals surface area contributed by atoms with E-state index in [9.17, 15) is 9.59 Å². The van der Waals surface area contributed by atoms with E-state index in [0.29, 0.717) is 6.42 Å². The van der Waals surface area contributed by atoms with E-state index in [2.05, 4.69) is 0 Å². The van der Waals surface area contributed by atoms with E-state index in [0.717, 1.165) is 12.8 Å². The van der Waals surface area contributed by atoms with Gasteiger partial charge in [0.2, 0.25) is 5.91 Å². The van der Waals surface area contributed by atoms with E-state index < -0.39 is 5.54 Å². The van der Waals surface area contributed by atoms with Gasteiger partial charge in [-0.25, -0.2) is 5.06 Å². The van der Waals surface area contributed by atoms with E-state index in [1.54, 1.807) is 12.2 Å². The molecule has 0 aromatic carbocycles. The second-order valence-corrected chi connectivity index (χ2v) is 3.78. The molecule has 1 amide bonds. The average Bonchev–Trinajstić information content (AvgIpc) is 2.23. The molecule has 0 radical (unpaired) electrons. The summed E-state index contributed by atoms with van der Waals surface area (Å²) in [6.07, 6.45) is 8.60. The zero-order valence-electron chi connectivity index (χ0n) is 8.60. The van der Waals surface area contributed by atoms with Gasteiger partial charge in [0.05, 0.1) is 7.11 Å². The maximum Gasteiger partial charge on any atom is 0.247 e. The van der Waals surface area contributed by atoms with Crippen LogP contribution in [-0.2, 0) is 14.4 Å². The molecular formula is C11H13NO3. The summed E-state index contributed by atoms with van der Waals surface area (Å²) >= 11 is 0. The average molecular weight is 207 g/mol. The lowest BCUT2D eigenvalue weighted by Crippen LogP contribution is -2.52. The number of allylic oxidation sites excluding steroid dienone is 2. The molecule has 0 atom stereocenters. The quantitative estimate of drug-likeness (QED) is 0.644. The summed E-state index contributed by atoms with van der Waals surface area (Å²) in [5.41, 5.74) is -0.544. The molecule has 2 aliphatic rings. The van der Waals surface area contributed by atoms with Gasteiger partial charge in [-0.05, 0) is 37.1 Å². The third-order valence-corrected chi connectivity index (χ3v) is 2.83. The van der Waals surface area contributed by atoms with E-state index in [1.807, 2.05) is 0 Å². The molecule has 1 heterocycles. The Kier molecular flexibility index (Phi) is 2.44. The van der Waals surface area contributed by atoms with Gasteiger partial charge < -0.3 is 0 Å². The van der Waals surface area contributed by atoms with Crippen LogP contribution >= 0.6 is 0 Å². The Hall–Kier alpha value is -1.42. The molecule has 15 heavy (non-hydrogen) atoms. The van der Waals surface area contributed by atoms with Gasteiger partial charge in [-0.1, -0.05) is 0 Å². The lowest BCUT2D eigenvalue weighted by Gasteiger charge is -2.41. The Morgan fingerprint density at radius 3 is 2.60 bits per heavy atom. The standard InChI is InChI=1S/C11H13NO3/c1-15-12-10(14)3-2-6-11(12)7-4-9(13)5-8-11/h4-5,7-8H,2-3,6H2,1H3. The molecular weight excluding hydrogens is 194 g/mol. The number of hydroxylamine groups is 2. The molecule has 1 fully saturated rings. The van der Waals surface area contributed by atoms with Crippen LogP contribution in [0.1, 0.15) is 19.3 Å². The SMILES string of the molecule is CON1C(=O)CCCC12C=CC(=O)C=C2. The van der Waals surface area contributed by atoms with Crippen LogP contribution in [-0.4, -0.2) is 29.4 Å². The van der Waals surface area contributed by atoms with Crippen LogP contribution in [0.15, 0.2) is 24.3 Å². The monoisotopic (exact) mass is 207 g/mol. The highest BCUT2D eigenvalue weighted by atomic mass is 16.7. The zero-order chi connectivity index (χ0) is 10.9. The van der Waals surface area contributed by atoms with E-state index in [4.69, 9.17) is 4.84 Å². The van der Waals surface area contributed by atoms with Gasteiger partial charge in [0.1, 0.15) is 5.54 Å². The van der Waals surface area contributed by atoms with Crippen molar-refractivity contribution >= 4 is 11.7 Å². The van der Waals surface area contributed by atoms with Crippen molar-refractivity contribution in [3.05, 3.63) is 24.3 Å². The van der Waals surface area contributed by atoms with Gasteiger partial charge in [0, 0.05) is 6.42 Å². The molecule has 0 bridgehead atoms. The number of carbonyl (C=O) groups excluding carboxylic acids is 2. The zero-order valence-corrected chi connectivity index (χ0v) is 8.60. The number of carbonyl (C=O) groups is 2. The molecule has 80 valence electrons. The Bertz CT molecular complexity index is 341. The third-order valence-electron chi connectivity index (χ3n) is 2.83. The summed E-state index contributed by atoms with van der Waals surface area (Å²) in [5, 5.41) is 1.36. The van der Waals surface area contributed by atoms with Crippen molar-refractivity contribution < 1.29 is 14.4 Å². The first-order chi connectivity index (χ1) is 7.18. The van der Waals surface area contributed by atoms with Crippen LogP contribution < -0.4 is 0 Å². The Morgan fingerprint density at radius 1 is 1.33 bits per heavy atom. The molecule has 0 saturated carbocycles. The topological polar surface area (TPSA) is 46.6 Å². The molecule has 1 saturated heterocycles. The predicted octanol–water partition coefficient (Wildman–Crippen LogP) is 0.994. The number of nitrogens with zero attached hydrogens (tertiary/aromatic N) is 1. The second kappa shape index (κ2) is 3.62. The minimum absolute atomic E-state index is 0.0348. The van der Waals surface area contributed by atoms with Gasteiger partial charge in [-0.3, -0.25) is 14.4 Å². The lowest BCUT2D eigenvalue weighted by molar-refractivity contribution is -0.201. The fourth-order valence-electron chi connectivity index (χ4n) is 2.10. The Morgan fingerprint density at radius 2 is 2.00 bits per heavy atom. The van der Waals surface area contributed by atoms with Crippen LogP contribution in [0.2, 0.25) is 0 Å². The van der Waals surface area contributed by atoms with Crippen molar-refractivity contribution in [2.45, 2.75) is 24.8 Å². The number of rotatable bonds is 1. The number of hydrogen-bond acceptors (Lipinski definition) is 3. The van der Waals surface area contributed by atoms with Crippen LogP contribution in [0.3, 0.4) is 0 Å². The summed E-state index contributed by atoms with van der Waals surface area (Å²) in [6, 6.07) is 0. The Labute approximate surface area is 88.1 Å². The molecule has 1 aliphatic heterocycles. The maximum atomic E-state index is 11.6. The highest BCUT2D eigenvalue weighted by molar-refractivity contribution is 6.01. The maximum absolute atomic E-state index is 11.6. The fourth-order valence-corrected chi connectivity index (χ4v) is 2.10. The molecule has 0 N–H and O–H groups in total. The van der Waals surface area contributed by atoms with E-state index in [-0.39, 0.29) is 11.7 Å². The summed E-state index contributed by atoms with van der Waals surface area (Å²) in [6.45, 7) is 0. The lowest BCUT2D eigenvalue weighted by atomic mass is 9.84. The van der Waals surface area contributed by atoms with Gasteiger partial charge >= 0.3 is 0 Å². The smallest absolute Gasteiger partial charge is 0.247 e.